The molecule has 0 spiro atoms. The summed E-state index contributed by atoms with van der Waals surface area (Å²) in [5, 5.41) is 19.9. The number of fused-ring (bicyclic) bond motifs is 1. The summed E-state index contributed by atoms with van der Waals surface area (Å²) in [7, 11) is 0. The van der Waals surface area contributed by atoms with E-state index < -0.39 is 17.8 Å². The molecule has 5 rings (SSSR count). The Labute approximate surface area is 193 Å². The summed E-state index contributed by atoms with van der Waals surface area (Å²) >= 11 is 0. The number of β-amino-alcohol motifs (C(OH)–C–C–N with tert-alkyl or cyclic N) is 1. The van der Waals surface area contributed by atoms with Crippen LogP contribution < -0.4 is 10.6 Å². The number of rotatable bonds is 4. The third-order valence-electron chi connectivity index (χ3n) is 6.06. The van der Waals surface area contributed by atoms with E-state index in [2.05, 4.69) is 30.7 Å². The number of anilines is 1. The summed E-state index contributed by atoms with van der Waals surface area (Å²) in [4.78, 5) is 12.9. The standard InChI is InChI=1S/C23H23F3N6O2/c1-11-20(12(2)34-32-11)19-6-3-15-16(4-5-18(15)30-19)21-17(23(24,25)26)10-28-22(31-21)29-13-7-14(33)9-27-8-13/h3-4,6,10,13-14,27,33H,5,7-9H2,1-2H3,(H,28,29,31)/t13-,14+/m0/s1. The van der Waals surface area contributed by atoms with Gasteiger partial charge in [-0.2, -0.15) is 13.2 Å². The van der Waals surface area contributed by atoms with E-state index in [0.717, 1.165) is 11.8 Å². The molecular formula is C23H23F3N6O2. The van der Waals surface area contributed by atoms with Crippen LogP contribution in [-0.4, -0.2) is 50.5 Å². The van der Waals surface area contributed by atoms with Gasteiger partial charge in [0.05, 0.1) is 34.4 Å². The summed E-state index contributed by atoms with van der Waals surface area (Å²) in [5.41, 5.74) is 2.66. The molecule has 0 bridgehead atoms. The number of piperidine rings is 1. The van der Waals surface area contributed by atoms with Gasteiger partial charge in [0.2, 0.25) is 5.95 Å². The molecule has 0 amide bonds. The van der Waals surface area contributed by atoms with Crippen LogP contribution in [0.3, 0.4) is 0 Å². The van der Waals surface area contributed by atoms with Gasteiger partial charge in [-0.3, -0.25) is 4.98 Å². The van der Waals surface area contributed by atoms with E-state index in [4.69, 9.17) is 4.52 Å². The zero-order valence-electron chi connectivity index (χ0n) is 18.6. The van der Waals surface area contributed by atoms with Crippen LogP contribution in [0.1, 0.15) is 40.4 Å². The van der Waals surface area contributed by atoms with Gasteiger partial charge in [0, 0.05) is 42.9 Å². The molecule has 0 aromatic carbocycles. The molecule has 2 aliphatic rings. The largest absolute Gasteiger partial charge is 0.419 e. The first kappa shape index (κ1) is 22.5. The Hall–Kier alpha value is -3.31. The van der Waals surface area contributed by atoms with Crippen molar-refractivity contribution >= 4 is 11.5 Å². The minimum atomic E-state index is -4.62. The number of aliphatic hydroxyl groups excluding tert-OH is 1. The van der Waals surface area contributed by atoms with Crippen LogP contribution in [0.25, 0.3) is 16.8 Å². The van der Waals surface area contributed by atoms with Crippen LogP contribution in [-0.2, 0) is 12.6 Å². The SMILES string of the molecule is Cc1noc(C)c1-c1ccc2c(n1)CC=C2c1nc(N[C@@H]2CNC[C@H](O)C2)ncc1C(F)(F)F. The number of nitrogens with one attached hydrogen (secondary N) is 2. The van der Waals surface area contributed by atoms with Crippen molar-refractivity contribution in [2.45, 2.75) is 45.0 Å². The maximum atomic E-state index is 13.9. The fourth-order valence-electron chi connectivity index (χ4n) is 4.50. The minimum Gasteiger partial charge on any atom is -0.392 e. The van der Waals surface area contributed by atoms with Crippen LogP contribution in [0.2, 0.25) is 0 Å². The van der Waals surface area contributed by atoms with Gasteiger partial charge in [-0.25, -0.2) is 9.97 Å². The topological polar surface area (TPSA) is 109 Å². The van der Waals surface area contributed by atoms with Crippen molar-refractivity contribution in [1.82, 2.24) is 25.4 Å². The predicted molar refractivity (Wildman–Crippen MR) is 118 cm³/mol. The highest BCUT2D eigenvalue weighted by atomic mass is 19.4. The monoisotopic (exact) mass is 472 g/mol. The number of aromatic nitrogens is 4. The first-order chi connectivity index (χ1) is 16.2. The summed E-state index contributed by atoms with van der Waals surface area (Å²) in [6, 6.07) is 3.32. The van der Waals surface area contributed by atoms with Gasteiger partial charge in [0.15, 0.2) is 0 Å². The third-order valence-corrected chi connectivity index (χ3v) is 6.06. The molecular weight excluding hydrogens is 449 g/mol. The molecule has 0 saturated carbocycles. The molecule has 178 valence electrons. The van der Waals surface area contributed by atoms with Gasteiger partial charge in [-0.1, -0.05) is 17.3 Å². The van der Waals surface area contributed by atoms with Crippen molar-refractivity contribution in [3.05, 3.63) is 58.4 Å². The van der Waals surface area contributed by atoms with Crippen LogP contribution in [0.15, 0.2) is 28.9 Å². The molecule has 0 unspecified atom stereocenters. The Morgan fingerprint density at radius 2 is 2.00 bits per heavy atom. The maximum Gasteiger partial charge on any atom is 0.419 e. The molecule has 4 heterocycles. The number of aliphatic hydroxyl groups is 1. The quantitative estimate of drug-likeness (QED) is 0.531. The molecule has 1 aliphatic carbocycles. The average molecular weight is 472 g/mol. The van der Waals surface area contributed by atoms with Gasteiger partial charge in [-0.15, -0.1) is 0 Å². The Morgan fingerprint density at radius 3 is 2.71 bits per heavy atom. The molecule has 2 atom stereocenters. The first-order valence-electron chi connectivity index (χ1n) is 10.9. The Bertz CT molecular complexity index is 1250. The molecule has 34 heavy (non-hydrogen) atoms. The lowest BCUT2D eigenvalue weighted by Gasteiger charge is -2.27. The molecule has 1 saturated heterocycles. The number of allylic oxidation sites excluding steroid dienone is 1. The van der Waals surface area contributed by atoms with Gasteiger partial charge >= 0.3 is 6.18 Å². The molecule has 1 aliphatic heterocycles. The lowest BCUT2D eigenvalue weighted by Crippen LogP contribution is -2.46. The average Bonchev–Trinajstić information content (AvgIpc) is 3.35. The summed E-state index contributed by atoms with van der Waals surface area (Å²) in [6.45, 7) is 4.64. The molecule has 3 N–H and O–H groups in total. The van der Waals surface area contributed by atoms with Gasteiger partial charge in [0.25, 0.3) is 0 Å². The zero-order chi connectivity index (χ0) is 24.0. The van der Waals surface area contributed by atoms with E-state index in [1.165, 1.54) is 0 Å². The Morgan fingerprint density at radius 1 is 1.18 bits per heavy atom. The zero-order valence-corrected chi connectivity index (χ0v) is 18.6. The van der Waals surface area contributed by atoms with Crippen molar-refractivity contribution in [3.8, 4) is 11.3 Å². The van der Waals surface area contributed by atoms with E-state index in [9.17, 15) is 18.3 Å². The smallest absolute Gasteiger partial charge is 0.392 e. The Balaban J connectivity index is 1.51. The number of hydrogen-bond donors (Lipinski definition) is 3. The van der Waals surface area contributed by atoms with Crippen LogP contribution >= 0.6 is 0 Å². The second-order valence-corrected chi connectivity index (χ2v) is 8.55. The Kier molecular flexibility index (Phi) is 5.61. The van der Waals surface area contributed by atoms with Crippen molar-refractivity contribution in [2.24, 2.45) is 0 Å². The molecule has 0 radical (unpaired) electrons. The number of pyridine rings is 1. The first-order valence-corrected chi connectivity index (χ1v) is 10.9. The molecule has 3 aromatic rings. The number of halogens is 3. The van der Waals surface area contributed by atoms with Gasteiger partial charge in [-0.05, 0) is 26.3 Å². The number of hydrogen-bond acceptors (Lipinski definition) is 8. The normalized spacial score (nSPS) is 20.2. The number of aryl methyl sites for hydroxylation is 2. The maximum absolute atomic E-state index is 13.9. The van der Waals surface area contributed by atoms with E-state index >= 15 is 0 Å². The van der Waals surface area contributed by atoms with E-state index in [1.807, 2.05) is 6.92 Å². The lowest BCUT2D eigenvalue weighted by molar-refractivity contribution is -0.138. The van der Waals surface area contributed by atoms with Crippen LogP contribution in [0.5, 0.6) is 0 Å². The van der Waals surface area contributed by atoms with Crippen LogP contribution in [0.4, 0.5) is 19.1 Å². The minimum absolute atomic E-state index is 0.0820. The fourth-order valence-corrected chi connectivity index (χ4v) is 4.50. The van der Waals surface area contributed by atoms with Gasteiger partial charge < -0.3 is 20.3 Å². The van der Waals surface area contributed by atoms with Crippen molar-refractivity contribution in [2.75, 3.05) is 18.4 Å². The molecule has 1 fully saturated rings. The van der Waals surface area contributed by atoms with Crippen molar-refractivity contribution in [1.29, 1.82) is 0 Å². The second kappa shape index (κ2) is 8.48. The highest BCUT2D eigenvalue weighted by Gasteiger charge is 2.37. The third kappa shape index (κ3) is 4.16. The van der Waals surface area contributed by atoms with Crippen molar-refractivity contribution in [3.63, 3.8) is 0 Å². The van der Waals surface area contributed by atoms with Crippen LogP contribution in [0, 0.1) is 13.8 Å². The summed E-state index contributed by atoms with van der Waals surface area (Å²) in [5.74, 6) is 0.711. The fraction of sp³-hybridized carbons (Fsp3) is 0.391. The molecule has 11 heteroatoms. The van der Waals surface area contributed by atoms with E-state index in [-0.39, 0.29) is 17.7 Å². The molecule has 3 aromatic heterocycles. The second-order valence-electron chi connectivity index (χ2n) is 8.55. The van der Waals surface area contributed by atoms with E-state index in [0.29, 0.717) is 59.9 Å². The highest BCUT2D eigenvalue weighted by molar-refractivity contribution is 5.85. The van der Waals surface area contributed by atoms with E-state index in [1.54, 1.807) is 25.1 Å². The lowest BCUT2D eigenvalue weighted by atomic mass is 10.0. The summed E-state index contributed by atoms with van der Waals surface area (Å²) < 4.78 is 46.8. The number of alkyl halides is 3. The highest BCUT2D eigenvalue weighted by Crippen LogP contribution is 2.40. The molecule has 8 nitrogen and oxygen atoms in total. The predicted octanol–water partition coefficient (Wildman–Crippen LogP) is 3.28. The van der Waals surface area contributed by atoms with Crippen molar-refractivity contribution < 1.29 is 22.8 Å². The van der Waals surface area contributed by atoms with Gasteiger partial charge in [0.1, 0.15) is 11.3 Å². The number of nitrogens with zero attached hydrogens (tertiary/aromatic N) is 4. The summed E-state index contributed by atoms with van der Waals surface area (Å²) in [6.07, 6.45) is -1.81.